The molecule has 20 heavy (non-hydrogen) atoms. The molecule has 0 fully saturated rings. The molecule has 0 aliphatic carbocycles. The highest BCUT2D eigenvalue weighted by Crippen LogP contribution is 2.19. The molecular formula is C14H15N5O. The van der Waals surface area contributed by atoms with E-state index in [2.05, 4.69) is 20.1 Å². The van der Waals surface area contributed by atoms with Crippen molar-refractivity contribution < 1.29 is 0 Å². The highest BCUT2D eigenvalue weighted by Gasteiger charge is 2.18. The third-order valence-electron chi connectivity index (χ3n) is 3.05. The second-order valence-electron chi connectivity index (χ2n) is 5.67. The fraction of sp³-hybridized carbons (Fsp3) is 0.286. The van der Waals surface area contributed by atoms with Crippen molar-refractivity contribution in [2.45, 2.75) is 26.2 Å². The van der Waals surface area contributed by atoms with E-state index in [1.807, 2.05) is 32.9 Å². The zero-order valence-corrected chi connectivity index (χ0v) is 11.6. The van der Waals surface area contributed by atoms with Crippen LogP contribution in [0.3, 0.4) is 0 Å². The van der Waals surface area contributed by atoms with Gasteiger partial charge in [-0.05, 0) is 12.1 Å². The second-order valence-corrected chi connectivity index (χ2v) is 5.67. The molecule has 3 heterocycles. The molecule has 0 atom stereocenters. The first kappa shape index (κ1) is 12.5. The molecule has 0 radical (unpaired) electrons. The van der Waals surface area contributed by atoms with Gasteiger partial charge in [-0.3, -0.25) is 14.9 Å². The minimum atomic E-state index is -0.191. The van der Waals surface area contributed by atoms with Gasteiger partial charge in [0.1, 0.15) is 0 Å². The SMILES string of the molecule is CC(C)(C)c1cc(=O)n2[nH]c(-c3ccncc3)nc2n1. The molecule has 0 amide bonds. The lowest BCUT2D eigenvalue weighted by molar-refractivity contribution is 0.566. The fourth-order valence-corrected chi connectivity index (χ4v) is 1.90. The molecule has 3 aromatic rings. The molecule has 0 aliphatic rings. The molecule has 3 aromatic heterocycles. The summed E-state index contributed by atoms with van der Waals surface area (Å²) in [5.41, 5.74) is 1.24. The zero-order valence-electron chi connectivity index (χ0n) is 11.6. The van der Waals surface area contributed by atoms with Crippen LogP contribution in [0.25, 0.3) is 17.2 Å². The number of hydrogen-bond donors (Lipinski definition) is 1. The summed E-state index contributed by atoms with van der Waals surface area (Å²) in [5, 5.41) is 2.96. The topological polar surface area (TPSA) is 75.9 Å². The maximum Gasteiger partial charge on any atom is 0.274 e. The molecule has 0 aliphatic heterocycles. The van der Waals surface area contributed by atoms with Gasteiger partial charge in [0.25, 0.3) is 11.3 Å². The lowest BCUT2D eigenvalue weighted by Gasteiger charge is -2.16. The number of aromatic amines is 1. The molecule has 3 rings (SSSR count). The van der Waals surface area contributed by atoms with E-state index in [9.17, 15) is 4.79 Å². The number of hydrogen-bond acceptors (Lipinski definition) is 4. The summed E-state index contributed by atoms with van der Waals surface area (Å²) in [6, 6.07) is 5.20. The lowest BCUT2D eigenvalue weighted by Crippen LogP contribution is -2.22. The summed E-state index contributed by atoms with van der Waals surface area (Å²) in [6.45, 7) is 6.05. The average molecular weight is 269 g/mol. The predicted molar refractivity (Wildman–Crippen MR) is 75.5 cm³/mol. The van der Waals surface area contributed by atoms with Crippen LogP contribution in [0.1, 0.15) is 26.5 Å². The first-order chi connectivity index (χ1) is 9.45. The van der Waals surface area contributed by atoms with Crippen molar-refractivity contribution >= 4 is 5.78 Å². The molecule has 0 saturated carbocycles. The molecule has 6 heteroatoms. The van der Waals surface area contributed by atoms with E-state index in [1.165, 1.54) is 4.52 Å². The van der Waals surface area contributed by atoms with E-state index in [1.54, 1.807) is 18.5 Å². The Kier molecular flexibility index (Phi) is 2.67. The molecule has 0 saturated heterocycles. The van der Waals surface area contributed by atoms with E-state index in [4.69, 9.17) is 0 Å². The summed E-state index contributed by atoms with van der Waals surface area (Å²) < 4.78 is 1.35. The maximum atomic E-state index is 12.1. The van der Waals surface area contributed by atoms with Gasteiger partial charge in [-0.1, -0.05) is 20.8 Å². The summed E-state index contributed by atoms with van der Waals surface area (Å²) in [4.78, 5) is 24.9. The Bertz CT molecular complexity index is 811. The Morgan fingerprint density at radius 2 is 1.85 bits per heavy atom. The fourth-order valence-electron chi connectivity index (χ4n) is 1.90. The van der Waals surface area contributed by atoms with Gasteiger partial charge < -0.3 is 0 Å². The third kappa shape index (κ3) is 2.09. The van der Waals surface area contributed by atoms with Crippen molar-refractivity contribution in [1.82, 2.24) is 24.6 Å². The molecular weight excluding hydrogens is 254 g/mol. The van der Waals surface area contributed by atoms with Crippen LogP contribution < -0.4 is 5.56 Å². The van der Waals surface area contributed by atoms with Crippen molar-refractivity contribution in [3.05, 3.63) is 46.6 Å². The van der Waals surface area contributed by atoms with Gasteiger partial charge in [0.2, 0.25) is 0 Å². The van der Waals surface area contributed by atoms with Crippen LogP contribution >= 0.6 is 0 Å². The molecule has 0 aromatic carbocycles. The first-order valence-electron chi connectivity index (χ1n) is 6.36. The number of nitrogens with zero attached hydrogens (tertiary/aromatic N) is 4. The van der Waals surface area contributed by atoms with Crippen LogP contribution in [-0.2, 0) is 5.41 Å². The van der Waals surface area contributed by atoms with Gasteiger partial charge in [-0.15, -0.1) is 0 Å². The van der Waals surface area contributed by atoms with Crippen LogP contribution in [0, 0.1) is 0 Å². The third-order valence-corrected chi connectivity index (χ3v) is 3.05. The lowest BCUT2D eigenvalue weighted by atomic mass is 9.92. The monoisotopic (exact) mass is 269 g/mol. The zero-order chi connectivity index (χ0) is 14.3. The van der Waals surface area contributed by atoms with Gasteiger partial charge in [-0.25, -0.2) is 4.98 Å². The smallest absolute Gasteiger partial charge is 0.271 e. The second kappa shape index (κ2) is 4.26. The van der Waals surface area contributed by atoms with Crippen molar-refractivity contribution in [3.8, 4) is 11.4 Å². The average Bonchev–Trinajstić information content (AvgIpc) is 2.83. The first-order valence-corrected chi connectivity index (χ1v) is 6.36. The number of H-pyrrole nitrogens is 1. The summed E-state index contributed by atoms with van der Waals surface area (Å²) in [5.74, 6) is 0.984. The summed E-state index contributed by atoms with van der Waals surface area (Å²) in [7, 11) is 0. The molecule has 1 N–H and O–H groups in total. The van der Waals surface area contributed by atoms with Gasteiger partial charge in [0, 0.05) is 29.4 Å². The molecule has 0 bridgehead atoms. The van der Waals surface area contributed by atoms with Crippen LogP contribution in [0.15, 0.2) is 35.4 Å². The quantitative estimate of drug-likeness (QED) is 0.730. The number of aromatic nitrogens is 5. The van der Waals surface area contributed by atoms with E-state index in [-0.39, 0.29) is 11.0 Å². The highest BCUT2D eigenvalue weighted by molar-refractivity contribution is 5.55. The Hall–Kier alpha value is -2.50. The maximum absolute atomic E-state index is 12.1. The minimum absolute atomic E-state index is 0.160. The van der Waals surface area contributed by atoms with E-state index >= 15 is 0 Å². The van der Waals surface area contributed by atoms with Gasteiger partial charge >= 0.3 is 0 Å². The highest BCUT2D eigenvalue weighted by atomic mass is 16.1. The number of fused-ring (bicyclic) bond motifs is 1. The van der Waals surface area contributed by atoms with Gasteiger partial charge in [0.15, 0.2) is 5.82 Å². The Morgan fingerprint density at radius 1 is 1.15 bits per heavy atom. The molecule has 6 nitrogen and oxygen atoms in total. The van der Waals surface area contributed by atoms with E-state index in [0.29, 0.717) is 11.6 Å². The number of pyridine rings is 1. The van der Waals surface area contributed by atoms with Crippen molar-refractivity contribution in [2.24, 2.45) is 0 Å². The molecule has 0 spiro atoms. The van der Waals surface area contributed by atoms with Crippen LogP contribution in [-0.4, -0.2) is 24.6 Å². The minimum Gasteiger partial charge on any atom is -0.271 e. The normalized spacial score (nSPS) is 11.9. The molecule has 0 unspecified atom stereocenters. The van der Waals surface area contributed by atoms with E-state index < -0.39 is 0 Å². The van der Waals surface area contributed by atoms with Gasteiger partial charge in [-0.2, -0.15) is 9.50 Å². The standard InChI is InChI=1S/C14H15N5O/c1-14(2,3)10-8-11(20)19-13(16-10)17-12(18-19)9-4-6-15-7-5-9/h4-8H,1-3H3,(H,16,17,18). The predicted octanol–water partition coefficient (Wildman–Crippen LogP) is 1.78. The Labute approximate surface area is 115 Å². The van der Waals surface area contributed by atoms with Gasteiger partial charge in [0.05, 0.1) is 5.69 Å². The Balaban J connectivity index is 2.22. The summed E-state index contributed by atoms with van der Waals surface area (Å²) >= 11 is 0. The largest absolute Gasteiger partial charge is 0.274 e. The van der Waals surface area contributed by atoms with Crippen LogP contribution in [0.5, 0.6) is 0 Å². The van der Waals surface area contributed by atoms with E-state index in [0.717, 1.165) is 11.3 Å². The van der Waals surface area contributed by atoms with Crippen molar-refractivity contribution in [2.75, 3.05) is 0 Å². The summed E-state index contributed by atoms with van der Waals surface area (Å²) in [6.07, 6.45) is 3.36. The molecule has 102 valence electrons. The van der Waals surface area contributed by atoms with Crippen LogP contribution in [0.4, 0.5) is 0 Å². The number of rotatable bonds is 1. The Morgan fingerprint density at radius 3 is 2.50 bits per heavy atom. The van der Waals surface area contributed by atoms with Crippen LogP contribution in [0.2, 0.25) is 0 Å². The van der Waals surface area contributed by atoms with Crippen molar-refractivity contribution in [1.29, 1.82) is 0 Å². The van der Waals surface area contributed by atoms with Crippen molar-refractivity contribution in [3.63, 3.8) is 0 Å². The number of nitrogens with one attached hydrogen (secondary N) is 1.